The van der Waals surface area contributed by atoms with Crippen molar-refractivity contribution in [3.05, 3.63) is 309 Å². The van der Waals surface area contributed by atoms with Crippen LogP contribution >= 0.6 is 11.3 Å². The molecule has 0 N–H and O–H groups in total. The van der Waals surface area contributed by atoms with Gasteiger partial charge in [0.15, 0.2) is 0 Å². The van der Waals surface area contributed by atoms with E-state index in [4.69, 9.17) is 0 Å². The van der Waals surface area contributed by atoms with Gasteiger partial charge in [-0.25, -0.2) is 0 Å². The van der Waals surface area contributed by atoms with Gasteiger partial charge in [0.1, 0.15) is 0 Å². The van der Waals surface area contributed by atoms with Crippen LogP contribution < -0.4 is 9.80 Å². The van der Waals surface area contributed by atoms with Gasteiger partial charge in [0.25, 0.3) is 0 Å². The second-order valence-corrected chi connectivity index (χ2v) is 21.6. The molecule has 15 rings (SSSR count). The standard InChI is InChI=1S/C76H51N3S/c1-5-18-52(19-6-1)57-26-17-29-65(45-57)77(67-40-42-71-72-49-58(34-43-75(72)80-76(71)51-67)59-33-41-70-69-30-15-16-31-73(69)79(74(70)50-59)62-27-11-4-12-28-62)63-36-38-64(39-37-63)78(66-35-32-55-24-13-14-25-56(55)46-66)68-47-60(53-20-7-2-8-21-53)44-61(48-68)54-22-9-3-10-23-54/h1-51H. The van der Waals surface area contributed by atoms with Gasteiger partial charge in [-0.2, -0.15) is 0 Å². The van der Waals surface area contributed by atoms with Crippen LogP contribution in [0, 0.1) is 0 Å². The molecule has 0 bridgehead atoms. The SMILES string of the molecule is c1ccc(-c2cccc(N(c3ccc(N(c4cc(-c5ccccc5)cc(-c5ccccc5)c4)c4ccc5ccccc5c4)cc3)c3ccc4c(c3)sc3ccc(-c5ccc6c7ccccc7n(-c7ccccc7)c6c5)cc34)c2)cc1. The quantitative estimate of drug-likeness (QED) is 0.128. The lowest BCUT2D eigenvalue weighted by atomic mass is 9.97. The Kier molecular flexibility index (Phi) is 11.7. The third kappa shape index (κ3) is 8.56. The summed E-state index contributed by atoms with van der Waals surface area (Å²) in [5, 5.41) is 7.43. The molecule has 0 aliphatic rings. The Morgan fingerprint density at radius 1 is 0.225 bits per heavy atom. The second-order valence-electron chi connectivity index (χ2n) is 20.5. The molecule has 0 atom stereocenters. The molecule has 13 aromatic carbocycles. The van der Waals surface area contributed by atoms with Crippen LogP contribution in [0.5, 0.6) is 0 Å². The van der Waals surface area contributed by atoms with Crippen LogP contribution in [-0.2, 0) is 0 Å². The smallest absolute Gasteiger partial charge is 0.0547 e. The maximum Gasteiger partial charge on any atom is 0.0547 e. The lowest BCUT2D eigenvalue weighted by Gasteiger charge is -2.29. The molecule has 0 fully saturated rings. The van der Waals surface area contributed by atoms with Gasteiger partial charge in [0.2, 0.25) is 0 Å². The number of aromatic nitrogens is 1. The zero-order valence-electron chi connectivity index (χ0n) is 43.7. The van der Waals surface area contributed by atoms with E-state index in [1.54, 1.807) is 0 Å². The van der Waals surface area contributed by atoms with Crippen molar-refractivity contribution in [2.24, 2.45) is 0 Å². The predicted octanol–water partition coefficient (Wildman–Crippen LogP) is 21.9. The first-order chi connectivity index (χ1) is 39.6. The van der Waals surface area contributed by atoms with E-state index in [2.05, 4.69) is 324 Å². The summed E-state index contributed by atoms with van der Waals surface area (Å²) in [6.45, 7) is 0. The molecule has 4 heteroatoms. The molecular formula is C76H51N3S. The molecule has 80 heavy (non-hydrogen) atoms. The molecule has 0 radical (unpaired) electrons. The summed E-state index contributed by atoms with van der Waals surface area (Å²) in [6.07, 6.45) is 0. The van der Waals surface area contributed by atoms with Crippen LogP contribution in [0.4, 0.5) is 34.1 Å². The van der Waals surface area contributed by atoms with Gasteiger partial charge in [-0.1, -0.05) is 194 Å². The number of benzene rings is 13. The minimum absolute atomic E-state index is 1.06. The van der Waals surface area contributed by atoms with E-state index in [9.17, 15) is 0 Å². The highest BCUT2D eigenvalue weighted by molar-refractivity contribution is 7.25. The maximum absolute atomic E-state index is 2.41. The van der Waals surface area contributed by atoms with Gasteiger partial charge in [-0.05, 0) is 171 Å². The summed E-state index contributed by atoms with van der Waals surface area (Å²) in [4.78, 5) is 4.82. The number of thiophene rings is 1. The van der Waals surface area contributed by atoms with Crippen molar-refractivity contribution in [3.63, 3.8) is 0 Å². The zero-order valence-corrected chi connectivity index (χ0v) is 44.5. The Bertz CT molecular complexity index is 4700. The summed E-state index contributed by atoms with van der Waals surface area (Å²) in [5.74, 6) is 0. The van der Waals surface area contributed by atoms with Gasteiger partial charge in [0, 0.05) is 70.8 Å². The van der Waals surface area contributed by atoms with Crippen LogP contribution in [0.3, 0.4) is 0 Å². The highest BCUT2D eigenvalue weighted by Crippen LogP contribution is 2.46. The van der Waals surface area contributed by atoms with Gasteiger partial charge >= 0.3 is 0 Å². The third-order valence-corrected chi connectivity index (χ3v) is 16.8. The molecule has 0 spiro atoms. The van der Waals surface area contributed by atoms with E-state index >= 15 is 0 Å². The molecule has 0 aliphatic carbocycles. The van der Waals surface area contributed by atoms with Crippen LogP contribution in [0.1, 0.15) is 0 Å². The number of hydrogen-bond donors (Lipinski definition) is 0. The Morgan fingerprint density at radius 3 is 1.43 bits per heavy atom. The monoisotopic (exact) mass is 1040 g/mol. The molecule has 0 saturated carbocycles. The van der Waals surface area contributed by atoms with E-state index in [1.165, 1.54) is 80.6 Å². The zero-order chi connectivity index (χ0) is 52.9. The highest BCUT2D eigenvalue weighted by atomic mass is 32.1. The van der Waals surface area contributed by atoms with Crippen molar-refractivity contribution in [2.75, 3.05) is 9.80 Å². The first-order valence-corrected chi connectivity index (χ1v) is 28.1. The molecule has 15 aromatic rings. The Balaban J connectivity index is 0.853. The van der Waals surface area contributed by atoms with Crippen molar-refractivity contribution in [1.82, 2.24) is 4.57 Å². The molecule has 0 unspecified atom stereocenters. The fourth-order valence-corrected chi connectivity index (χ4v) is 13.0. The maximum atomic E-state index is 2.41. The summed E-state index contributed by atoms with van der Waals surface area (Å²) in [6, 6.07) is 113. The minimum Gasteiger partial charge on any atom is -0.310 e. The number of nitrogens with zero attached hydrogens (tertiary/aromatic N) is 3. The van der Waals surface area contributed by atoms with Gasteiger partial charge in [-0.15, -0.1) is 11.3 Å². The molecule has 0 amide bonds. The molecule has 376 valence electrons. The number of para-hydroxylation sites is 2. The average Bonchev–Trinajstić information content (AvgIpc) is 4.12. The summed E-state index contributed by atoms with van der Waals surface area (Å²) < 4.78 is 4.91. The highest BCUT2D eigenvalue weighted by Gasteiger charge is 2.21. The molecule has 2 aromatic heterocycles. The van der Waals surface area contributed by atoms with E-state index < -0.39 is 0 Å². The number of fused-ring (bicyclic) bond motifs is 7. The largest absolute Gasteiger partial charge is 0.310 e. The van der Waals surface area contributed by atoms with Crippen LogP contribution in [0.2, 0.25) is 0 Å². The molecular weight excluding hydrogens is 987 g/mol. The lowest BCUT2D eigenvalue weighted by Crippen LogP contribution is -2.12. The van der Waals surface area contributed by atoms with E-state index in [-0.39, 0.29) is 0 Å². The number of rotatable bonds is 11. The molecule has 0 aliphatic heterocycles. The number of hydrogen-bond acceptors (Lipinski definition) is 3. The van der Waals surface area contributed by atoms with Gasteiger partial charge in [-0.3, -0.25) is 0 Å². The average molecular weight is 1040 g/mol. The predicted molar refractivity (Wildman–Crippen MR) is 342 cm³/mol. The van der Waals surface area contributed by atoms with E-state index in [1.807, 2.05) is 11.3 Å². The summed E-state index contributed by atoms with van der Waals surface area (Å²) in [7, 11) is 0. The first kappa shape index (κ1) is 47.0. The fraction of sp³-hybridized carbons (Fsp3) is 0. The van der Waals surface area contributed by atoms with Crippen LogP contribution in [-0.4, -0.2) is 4.57 Å². The third-order valence-electron chi connectivity index (χ3n) is 15.7. The Hall–Kier alpha value is -10.3. The summed E-state index contributed by atoms with van der Waals surface area (Å²) >= 11 is 1.86. The van der Waals surface area contributed by atoms with Crippen molar-refractivity contribution in [2.45, 2.75) is 0 Å². The van der Waals surface area contributed by atoms with E-state index in [0.717, 1.165) is 56.5 Å². The summed E-state index contributed by atoms with van der Waals surface area (Å²) in [5.41, 5.74) is 19.4. The molecule has 3 nitrogen and oxygen atoms in total. The van der Waals surface area contributed by atoms with Crippen molar-refractivity contribution in [1.29, 1.82) is 0 Å². The number of anilines is 6. The van der Waals surface area contributed by atoms with Crippen molar-refractivity contribution < 1.29 is 0 Å². The Labute approximate surface area is 469 Å². The fourth-order valence-electron chi connectivity index (χ4n) is 11.8. The van der Waals surface area contributed by atoms with Gasteiger partial charge < -0.3 is 14.4 Å². The van der Waals surface area contributed by atoms with Gasteiger partial charge in [0.05, 0.1) is 11.0 Å². The second kappa shape index (κ2) is 20.0. The molecule has 2 heterocycles. The van der Waals surface area contributed by atoms with Crippen molar-refractivity contribution in [3.8, 4) is 50.2 Å². The molecule has 0 saturated heterocycles. The lowest BCUT2D eigenvalue weighted by molar-refractivity contribution is 1.18. The van der Waals surface area contributed by atoms with E-state index in [0.29, 0.717) is 0 Å². The first-order valence-electron chi connectivity index (χ1n) is 27.3. The van der Waals surface area contributed by atoms with Crippen LogP contribution in [0.25, 0.3) is 103 Å². The topological polar surface area (TPSA) is 11.4 Å². The van der Waals surface area contributed by atoms with Crippen molar-refractivity contribution >= 4 is 98.2 Å². The Morgan fingerprint density at radius 2 is 0.713 bits per heavy atom. The minimum atomic E-state index is 1.06. The van der Waals surface area contributed by atoms with Crippen LogP contribution in [0.15, 0.2) is 309 Å². The normalized spacial score (nSPS) is 11.5.